The second-order valence-corrected chi connectivity index (χ2v) is 8.05. The number of urea groups is 1. The third kappa shape index (κ3) is 6.45. The van der Waals surface area contributed by atoms with E-state index < -0.39 is 0 Å². The van der Waals surface area contributed by atoms with Gasteiger partial charge >= 0.3 is 6.03 Å². The van der Waals surface area contributed by atoms with Crippen molar-refractivity contribution in [1.29, 1.82) is 0 Å². The lowest BCUT2D eigenvalue weighted by molar-refractivity contribution is 0.161. The predicted octanol–water partition coefficient (Wildman–Crippen LogP) is 3.53. The Kier molecular flexibility index (Phi) is 8.29. The first-order valence-electron chi connectivity index (χ1n) is 11.6. The Labute approximate surface area is 200 Å². The highest BCUT2D eigenvalue weighted by Crippen LogP contribution is 2.25. The number of hydrogen-bond donors (Lipinski definition) is 2. The number of rotatable bonds is 10. The van der Waals surface area contributed by atoms with Crippen molar-refractivity contribution in [3.63, 3.8) is 0 Å². The molecule has 2 N–H and O–H groups in total. The van der Waals surface area contributed by atoms with Gasteiger partial charge in [-0.1, -0.05) is 18.2 Å². The summed E-state index contributed by atoms with van der Waals surface area (Å²) in [5, 5.41) is 5.84. The molecule has 8 nitrogen and oxygen atoms in total. The quantitative estimate of drug-likeness (QED) is 0.447. The highest BCUT2D eigenvalue weighted by molar-refractivity contribution is 5.73. The van der Waals surface area contributed by atoms with Crippen LogP contribution in [0.4, 0.5) is 10.5 Å². The van der Waals surface area contributed by atoms with E-state index in [1.807, 2.05) is 54.6 Å². The molecule has 1 aromatic heterocycles. The summed E-state index contributed by atoms with van der Waals surface area (Å²) >= 11 is 0. The molecule has 0 saturated carbocycles. The number of para-hydroxylation sites is 1. The van der Waals surface area contributed by atoms with E-state index in [-0.39, 0.29) is 12.1 Å². The molecule has 0 spiro atoms. The fraction of sp³-hybridized carbons (Fsp3) is 0.346. The van der Waals surface area contributed by atoms with E-state index in [4.69, 9.17) is 13.9 Å². The lowest BCUT2D eigenvalue weighted by atomic mass is 10.1. The van der Waals surface area contributed by atoms with Crippen LogP contribution >= 0.6 is 0 Å². The number of ether oxygens (including phenoxy) is 2. The van der Waals surface area contributed by atoms with Crippen molar-refractivity contribution in [3.05, 3.63) is 78.8 Å². The predicted molar refractivity (Wildman–Crippen MR) is 132 cm³/mol. The maximum atomic E-state index is 12.4. The van der Waals surface area contributed by atoms with Crippen LogP contribution in [-0.4, -0.2) is 63.9 Å². The monoisotopic (exact) mass is 464 g/mol. The van der Waals surface area contributed by atoms with Crippen molar-refractivity contribution in [1.82, 2.24) is 15.5 Å². The zero-order valence-electron chi connectivity index (χ0n) is 19.5. The van der Waals surface area contributed by atoms with Crippen LogP contribution in [0.25, 0.3) is 0 Å². The highest BCUT2D eigenvalue weighted by Gasteiger charge is 2.27. The second-order valence-electron chi connectivity index (χ2n) is 8.05. The van der Waals surface area contributed by atoms with E-state index in [2.05, 4.69) is 32.6 Å². The van der Waals surface area contributed by atoms with Crippen LogP contribution in [0.2, 0.25) is 0 Å². The Balaban J connectivity index is 1.25. The van der Waals surface area contributed by atoms with Gasteiger partial charge in [-0.3, -0.25) is 4.90 Å². The van der Waals surface area contributed by atoms with E-state index >= 15 is 0 Å². The van der Waals surface area contributed by atoms with Crippen LogP contribution in [0.3, 0.4) is 0 Å². The van der Waals surface area contributed by atoms with Gasteiger partial charge in [0.25, 0.3) is 0 Å². The number of methoxy groups -OCH3 is 1. The smallest absolute Gasteiger partial charge is 0.314 e. The molecule has 1 saturated heterocycles. The Morgan fingerprint density at radius 2 is 1.71 bits per heavy atom. The van der Waals surface area contributed by atoms with Gasteiger partial charge in [0.2, 0.25) is 0 Å². The van der Waals surface area contributed by atoms with Crippen LogP contribution in [0.15, 0.2) is 77.4 Å². The van der Waals surface area contributed by atoms with E-state index in [1.165, 1.54) is 5.69 Å². The van der Waals surface area contributed by atoms with Crippen molar-refractivity contribution in [2.45, 2.75) is 6.04 Å². The Morgan fingerprint density at radius 3 is 2.38 bits per heavy atom. The molecule has 0 aliphatic carbocycles. The lowest BCUT2D eigenvalue weighted by Crippen LogP contribution is -2.50. The van der Waals surface area contributed by atoms with Gasteiger partial charge in [-0.25, -0.2) is 4.79 Å². The van der Waals surface area contributed by atoms with Gasteiger partial charge in [0.1, 0.15) is 23.9 Å². The van der Waals surface area contributed by atoms with Gasteiger partial charge in [-0.05, 0) is 48.5 Å². The molecule has 1 aliphatic rings. The molecular weight excluding hydrogens is 432 g/mol. The van der Waals surface area contributed by atoms with Gasteiger partial charge < -0.3 is 29.4 Å². The zero-order chi connectivity index (χ0) is 23.6. The number of hydrogen-bond acceptors (Lipinski definition) is 6. The summed E-state index contributed by atoms with van der Waals surface area (Å²) in [5.41, 5.74) is 1.19. The molecule has 34 heavy (non-hydrogen) atoms. The summed E-state index contributed by atoms with van der Waals surface area (Å²) < 4.78 is 16.6. The van der Waals surface area contributed by atoms with Gasteiger partial charge in [-0.2, -0.15) is 0 Å². The fourth-order valence-corrected chi connectivity index (χ4v) is 4.08. The molecule has 1 fully saturated rings. The zero-order valence-corrected chi connectivity index (χ0v) is 19.5. The van der Waals surface area contributed by atoms with E-state index in [0.29, 0.717) is 19.7 Å². The van der Waals surface area contributed by atoms with Crippen molar-refractivity contribution < 1.29 is 18.7 Å². The highest BCUT2D eigenvalue weighted by atomic mass is 16.5. The number of benzene rings is 2. The SMILES string of the molecule is COc1ccc(N2CCN([C@H](CNC(=O)NCCOc3ccccc3)c3ccco3)CC2)cc1. The molecule has 0 radical (unpaired) electrons. The molecule has 4 rings (SSSR count). The number of amides is 2. The van der Waals surface area contributed by atoms with Crippen LogP contribution in [0.5, 0.6) is 11.5 Å². The number of carbonyl (C=O) groups excluding carboxylic acids is 1. The summed E-state index contributed by atoms with van der Waals surface area (Å²) in [4.78, 5) is 17.1. The third-order valence-electron chi connectivity index (χ3n) is 5.92. The minimum absolute atomic E-state index is 0.0284. The molecule has 180 valence electrons. The van der Waals surface area contributed by atoms with Crippen LogP contribution in [0.1, 0.15) is 11.8 Å². The number of nitrogens with zero attached hydrogens (tertiary/aromatic N) is 2. The molecule has 3 aromatic rings. The Bertz CT molecular complexity index is 987. The number of furan rings is 1. The van der Waals surface area contributed by atoms with E-state index in [0.717, 1.165) is 43.4 Å². The summed E-state index contributed by atoms with van der Waals surface area (Å²) in [7, 11) is 1.68. The number of nitrogens with one attached hydrogen (secondary N) is 2. The first-order chi connectivity index (χ1) is 16.7. The van der Waals surface area contributed by atoms with Crippen LogP contribution < -0.4 is 25.0 Å². The van der Waals surface area contributed by atoms with Crippen LogP contribution in [-0.2, 0) is 0 Å². The Morgan fingerprint density at radius 1 is 0.941 bits per heavy atom. The summed E-state index contributed by atoms with van der Waals surface area (Å²) in [6.07, 6.45) is 1.68. The normalized spacial score (nSPS) is 14.9. The number of anilines is 1. The van der Waals surface area contributed by atoms with Gasteiger partial charge in [0, 0.05) is 38.4 Å². The first kappa shape index (κ1) is 23.5. The van der Waals surface area contributed by atoms with Gasteiger partial charge in [0.05, 0.1) is 26.0 Å². The topological polar surface area (TPSA) is 79.2 Å². The van der Waals surface area contributed by atoms with Gasteiger partial charge in [-0.15, -0.1) is 0 Å². The van der Waals surface area contributed by atoms with E-state index in [9.17, 15) is 4.79 Å². The van der Waals surface area contributed by atoms with E-state index in [1.54, 1.807) is 13.4 Å². The summed E-state index contributed by atoms with van der Waals surface area (Å²) in [6, 6.07) is 21.3. The first-order valence-corrected chi connectivity index (χ1v) is 11.6. The van der Waals surface area contributed by atoms with Crippen molar-refractivity contribution in [3.8, 4) is 11.5 Å². The molecular formula is C26H32N4O4. The van der Waals surface area contributed by atoms with Crippen molar-refractivity contribution in [2.24, 2.45) is 0 Å². The maximum Gasteiger partial charge on any atom is 0.314 e. The maximum absolute atomic E-state index is 12.4. The average molecular weight is 465 g/mol. The second kappa shape index (κ2) is 12.0. The number of carbonyl (C=O) groups is 1. The van der Waals surface area contributed by atoms with Crippen LogP contribution in [0, 0.1) is 0 Å². The molecule has 8 heteroatoms. The molecule has 2 heterocycles. The summed E-state index contributed by atoms with van der Waals surface area (Å²) in [5.74, 6) is 2.50. The number of piperazine rings is 1. The molecule has 0 unspecified atom stereocenters. The molecule has 0 bridgehead atoms. The fourth-order valence-electron chi connectivity index (χ4n) is 4.08. The van der Waals surface area contributed by atoms with Crippen molar-refractivity contribution in [2.75, 3.05) is 57.9 Å². The third-order valence-corrected chi connectivity index (χ3v) is 5.92. The average Bonchev–Trinajstić information content (AvgIpc) is 3.43. The van der Waals surface area contributed by atoms with Gasteiger partial charge in [0.15, 0.2) is 0 Å². The minimum Gasteiger partial charge on any atom is -0.497 e. The van der Waals surface area contributed by atoms with Crippen molar-refractivity contribution >= 4 is 11.7 Å². The Hall–Kier alpha value is -3.65. The molecule has 2 amide bonds. The lowest BCUT2D eigenvalue weighted by Gasteiger charge is -2.39. The standard InChI is InChI=1S/C26H32N4O4/c1-32-22-11-9-21(10-12-22)29-14-16-30(17-15-29)24(25-8-5-18-34-25)20-28-26(31)27-13-19-33-23-6-3-2-4-7-23/h2-12,18,24H,13-17,19-20H2,1H3,(H2,27,28,31)/t24-/m1/s1. The molecule has 1 atom stereocenters. The molecule has 1 aliphatic heterocycles. The molecule has 2 aromatic carbocycles. The summed E-state index contributed by atoms with van der Waals surface area (Å²) in [6.45, 7) is 4.82. The largest absolute Gasteiger partial charge is 0.497 e. The minimum atomic E-state index is -0.218.